The number of nitrogens with zero attached hydrogens (tertiary/aromatic N) is 2. The fourth-order valence-corrected chi connectivity index (χ4v) is 1.92. The molecule has 0 saturated carbocycles. The van der Waals surface area contributed by atoms with E-state index in [9.17, 15) is 4.79 Å². The second kappa shape index (κ2) is 6.93. The summed E-state index contributed by atoms with van der Waals surface area (Å²) >= 11 is 8.65. The second-order valence-corrected chi connectivity index (χ2v) is 5.14. The Kier molecular flexibility index (Phi) is 5.87. The highest BCUT2D eigenvalue weighted by Gasteiger charge is 2.01. The maximum atomic E-state index is 10.7. The minimum Gasteiger partial charge on any atom is -0.288 e. The molecule has 86 valence electrons. The fourth-order valence-electron chi connectivity index (χ4n) is 0.906. The minimum atomic E-state index is 0.102. The highest BCUT2D eigenvalue weighted by molar-refractivity contribution is 8.13. The molecule has 1 aromatic rings. The Bertz CT molecular complexity index is 410. The SMILES string of the molecule is CSc1ncc(C=CCSC(C)=O)c(Cl)n1. The van der Waals surface area contributed by atoms with Crippen LogP contribution in [0.5, 0.6) is 0 Å². The zero-order chi connectivity index (χ0) is 12.0. The Hall–Kier alpha value is -0.520. The van der Waals surface area contributed by atoms with Gasteiger partial charge in [0.15, 0.2) is 10.3 Å². The molecule has 0 radical (unpaired) electrons. The summed E-state index contributed by atoms with van der Waals surface area (Å²) in [6, 6.07) is 0. The number of carbonyl (C=O) groups excluding carboxylic acids is 1. The molecule has 0 spiro atoms. The van der Waals surface area contributed by atoms with Crippen molar-refractivity contribution in [3.05, 3.63) is 23.0 Å². The van der Waals surface area contributed by atoms with E-state index in [1.807, 2.05) is 18.4 Å². The highest BCUT2D eigenvalue weighted by atomic mass is 35.5. The molecule has 1 heterocycles. The third-order valence-electron chi connectivity index (χ3n) is 1.61. The highest BCUT2D eigenvalue weighted by Crippen LogP contribution is 2.17. The molecule has 16 heavy (non-hydrogen) atoms. The second-order valence-electron chi connectivity index (χ2n) is 2.81. The average molecular weight is 275 g/mol. The number of halogens is 1. The Morgan fingerprint density at radius 2 is 2.38 bits per heavy atom. The molecule has 0 aliphatic heterocycles. The van der Waals surface area contributed by atoms with E-state index in [2.05, 4.69) is 9.97 Å². The largest absolute Gasteiger partial charge is 0.288 e. The van der Waals surface area contributed by atoms with Crippen LogP contribution in [0.15, 0.2) is 17.4 Å². The van der Waals surface area contributed by atoms with Crippen LogP contribution in [0.2, 0.25) is 5.15 Å². The van der Waals surface area contributed by atoms with Crippen molar-refractivity contribution in [3.63, 3.8) is 0 Å². The van der Waals surface area contributed by atoms with Crippen LogP contribution in [-0.4, -0.2) is 27.1 Å². The van der Waals surface area contributed by atoms with Gasteiger partial charge in [0.1, 0.15) is 5.15 Å². The van der Waals surface area contributed by atoms with Crippen LogP contribution < -0.4 is 0 Å². The number of carbonyl (C=O) groups is 1. The van der Waals surface area contributed by atoms with Crippen LogP contribution in [0.25, 0.3) is 6.08 Å². The van der Waals surface area contributed by atoms with Crippen molar-refractivity contribution in [1.29, 1.82) is 0 Å². The van der Waals surface area contributed by atoms with E-state index in [-0.39, 0.29) is 5.12 Å². The standard InChI is InChI=1S/C10H11ClN2OS2/c1-7(14)16-5-3-4-8-6-12-10(15-2)13-9(8)11/h3-4,6H,5H2,1-2H3. The van der Waals surface area contributed by atoms with Gasteiger partial charge < -0.3 is 0 Å². The lowest BCUT2D eigenvalue weighted by Gasteiger charge is -1.98. The van der Waals surface area contributed by atoms with Gasteiger partial charge in [0.05, 0.1) is 0 Å². The van der Waals surface area contributed by atoms with E-state index in [1.165, 1.54) is 23.5 Å². The quantitative estimate of drug-likeness (QED) is 0.479. The van der Waals surface area contributed by atoms with E-state index >= 15 is 0 Å². The monoisotopic (exact) mass is 274 g/mol. The lowest BCUT2D eigenvalue weighted by molar-refractivity contribution is -0.109. The molecule has 0 unspecified atom stereocenters. The van der Waals surface area contributed by atoms with Gasteiger partial charge in [-0.2, -0.15) is 0 Å². The summed E-state index contributed by atoms with van der Waals surface area (Å²) < 4.78 is 0. The number of hydrogen-bond acceptors (Lipinski definition) is 5. The third kappa shape index (κ3) is 4.55. The van der Waals surface area contributed by atoms with Gasteiger partial charge in [-0.3, -0.25) is 4.79 Å². The molecular formula is C10H11ClN2OS2. The fraction of sp³-hybridized carbons (Fsp3) is 0.300. The number of aromatic nitrogens is 2. The van der Waals surface area contributed by atoms with Crippen molar-refractivity contribution in [3.8, 4) is 0 Å². The summed E-state index contributed by atoms with van der Waals surface area (Å²) in [4.78, 5) is 18.9. The summed E-state index contributed by atoms with van der Waals surface area (Å²) in [5.74, 6) is 0.635. The average Bonchev–Trinajstić information content (AvgIpc) is 2.25. The van der Waals surface area contributed by atoms with Gasteiger partial charge in [-0.1, -0.05) is 47.3 Å². The lowest BCUT2D eigenvalue weighted by Crippen LogP contribution is -1.89. The van der Waals surface area contributed by atoms with Gasteiger partial charge in [0.2, 0.25) is 0 Å². The molecule has 0 aromatic carbocycles. The smallest absolute Gasteiger partial charge is 0.188 e. The van der Waals surface area contributed by atoms with Crippen molar-refractivity contribution in [1.82, 2.24) is 9.97 Å². The van der Waals surface area contributed by atoms with Crippen molar-refractivity contribution in [2.75, 3.05) is 12.0 Å². The summed E-state index contributed by atoms with van der Waals surface area (Å²) in [5.41, 5.74) is 0.767. The summed E-state index contributed by atoms with van der Waals surface area (Å²) in [7, 11) is 0. The van der Waals surface area contributed by atoms with E-state index in [0.717, 1.165) is 5.56 Å². The molecular weight excluding hydrogens is 264 g/mol. The van der Waals surface area contributed by atoms with Crippen LogP contribution in [0.4, 0.5) is 0 Å². The normalized spacial score (nSPS) is 10.9. The molecule has 1 aromatic heterocycles. The first-order chi connectivity index (χ1) is 7.63. The first-order valence-electron chi connectivity index (χ1n) is 4.50. The Balaban J connectivity index is 2.63. The summed E-state index contributed by atoms with van der Waals surface area (Å²) in [5, 5.41) is 1.19. The van der Waals surface area contributed by atoms with Gasteiger partial charge in [-0.15, -0.1) is 0 Å². The van der Waals surface area contributed by atoms with Crippen LogP contribution in [0.1, 0.15) is 12.5 Å². The lowest BCUT2D eigenvalue weighted by atomic mass is 10.3. The summed E-state index contributed by atoms with van der Waals surface area (Å²) in [6.45, 7) is 1.54. The van der Waals surface area contributed by atoms with E-state index in [0.29, 0.717) is 16.1 Å². The predicted octanol–water partition coefficient (Wildman–Crippen LogP) is 3.14. The number of rotatable bonds is 4. The Morgan fingerprint density at radius 3 is 2.94 bits per heavy atom. The van der Waals surface area contributed by atoms with Gasteiger partial charge in [-0.25, -0.2) is 9.97 Å². The maximum absolute atomic E-state index is 10.7. The molecule has 0 aliphatic carbocycles. The molecule has 0 N–H and O–H groups in total. The number of thioether (sulfide) groups is 2. The molecule has 0 aliphatic rings. The Morgan fingerprint density at radius 1 is 1.62 bits per heavy atom. The van der Waals surface area contributed by atoms with Crippen LogP contribution in [-0.2, 0) is 4.79 Å². The zero-order valence-corrected chi connectivity index (χ0v) is 11.3. The first kappa shape index (κ1) is 13.5. The van der Waals surface area contributed by atoms with Crippen molar-refractivity contribution in [2.45, 2.75) is 12.1 Å². The minimum absolute atomic E-state index is 0.102. The van der Waals surface area contributed by atoms with Crippen molar-refractivity contribution < 1.29 is 4.79 Å². The number of hydrogen-bond donors (Lipinski definition) is 0. The van der Waals surface area contributed by atoms with Gasteiger partial charge in [-0.05, 0) is 6.26 Å². The molecule has 0 amide bonds. The van der Waals surface area contributed by atoms with Crippen molar-refractivity contribution in [2.24, 2.45) is 0 Å². The van der Waals surface area contributed by atoms with Gasteiger partial charge >= 0.3 is 0 Å². The van der Waals surface area contributed by atoms with Crippen LogP contribution >= 0.6 is 35.1 Å². The molecule has 1 rings (SSSR count). The summed E-state index contributed by atoms with van der Waals surface area (Å²) in [6.07, 6.45) is 7.26. The predicted molar refractivity (Wildman–Crippen MR) is 71.0 cm³/mol. The Labute approximate surface area is 108 Å². The van der Waals surface area contributed by atoms with Crippen LogP contribution in [0.3, 0.4) is 0 Å². The van der Waals surface area contributed by atoms with E-state index < -0.39 is 0 Å². The zero-order valence-electron chi connectivity index (χ0n) is 8.94. The van der Waals surface area contributed by atoms with Crippen molar-refractivity contribution >= 4 is 46.3 Å². The molecule has 0 saturated heterocycles. The topological polar surface area (TPSA) is 42.9 Å². The van der Waals surface area contributed by atoms with Gasteiger partial charge in [0.25, 0.3) is 0 Å². The maximum Gasteiger partial charge on any atom is 0.188 e. The molecule has 0 bridgehead atoms. The molecule has 0 atom stereocenters. The first-order valence-corrected chi connectivity index (χ1v) is 7.08. The van der Waals surface area contributed by atoms with E-state index in [4.69, 9.17) is 11.6 Å². The van der Waals surface area contributed by atoms with E-state index in [1.54, 1.807) is 13.1 Å². The molecule has 3 nitrogen and oxygen atoms in total. The van der Waals surface area contributed by atoms with Crippen LogP contribution in [0, 0.1) is 0 Å². The molecule has 6 heteroatoms. The third-order valence-corrected chi connectivity index (χ3v) is 3.24. The molecule has 0 fully saturated rings. The van der Waals surface area contributed by atoms with Gasteiger partial charge in [0, 0.05) is 24.4 Å².